The lowest BCUT2D eigenvalue weighted by molar-refractivity contribution is 0.0920. The Balaban J connectivity index is 1.85. The zero-order valence-electron chi connectivity index (χ0n) is 11.9. The fourth-order valence-corrected chi connectivity index (χ4v) is 1.86. The summed E-state index contributed by atoms with van der Waals surface area (Å²) in [5.74, 6) is 1.65. The van der Waals surface area contributed by atoms with Crippen LogP contribution in [0, 0.1) is 0 Å². The molecule has 0 fully saturated rings. The maximum Gasteiger partial charge on any atom is 0.120 e. The van der Waals surface area contributed by atoms with E-state index in [-0.39, 0.29) is 6.10 Å². The van der Waals surface area contributed by atoms with E-state index in [0.717, 1.165) is 17.1 Å². The van der Waals surface area contributed by atoms with E-state index in [0.29, 0.717) is 13.2 Å². The summed E-state index contributed by atoms with van der Waals surface area (Å²) in [5.41, 5.74) is 1.15. The maximum absolute atomic E-state index is 5.72. The molecule has 0 N–H and O–H groups in total. The first-order chi connectivity index (χ1) is 9.78. The average Bonchev–Trinajstić information content (AvgIpc) is 2.48. The van der Waals surface area contributed by atoms with Crippen LogP contribution in [0.4, 0.5) is 0 Å². The van der Waals surface area contributed by atoms with E-state index in [2.05, 4.69) is 0 Å². The molecule has 106 valence electrons. The minimum absolute atomic E-state index is 0.0380. The monoisotopic (exact) mass is 272 g/mol. The number of rotatable bonds is 7. The van der Waals surface area contributed by atoms with Gasteiger partial charge >= 0.3 is 0 Å². The zero-order valence-corrected chi connectivity index (χ0v) is 11.9. The van der Waals surface area contributed by atoms with Gasteiger partial charge in [0.05, 0.1) is 6.61 Å². The van der Waals surface area contributed by atoms with E-state index in [9.17, 15) is 0 Å². The molecule has 3 nitrogen and oxygen atoms in total. The number of benzene rings is 2. The predicted octanol–water partition coefficient (Wildman–Crippen LogP) is 3.68. The van der Waals surface area contributed by atoms with Crippen LogP contribution < -0.4 is 9.47 Å². The fourth-order valence-electron chi connectivity index (χ4n) is 1.86. The van der Waals surface area contributed by atoms with E-state index >= 15 is 0 Å². The molecule has 2 aromatic rings. The van der Waals surface area contributed by atoms with Crippen LogP contribution in [0.5, 0.6) is 11.5 Å². The number of hydrogen-bond acceptors (Lipinski definition) is 3. The Kier molecular flexibility index (Phi) is 5.44. The summed E-state index contributed by atoms with van der Waals surface area (Å²) >= 11 is 0. The molecule has 3 heteroatoms. The van der Waals surface area contributed by atoms with Gasteiger partial charge in [-0.1, -0.05) is 30.3 Å². The quantitative estimate of drug-likeness (QED) is 0.769. The van der Waals surface area contributed by atoms with Crippen molar-refractivity contribution < 1.29 is 14.2 Å². The van der Waals surface area contributed by atoms with Crippen molar-refractivity contribution in [2.24, 2.45) is 0 Å². The standard InChI is InChI=1S/C17H20O3/c1-14(12-18-2)20-17-10-8-16(9-11-17)19-13-15-6-4-3-5-7-15/h3-11,14H,12-13H2,1-2H3/t14-/m1/s1. The van der Waals surface area contributed by atoms with Gasteiger partial charge < -0.3 is 14.2 Å². The molecule has 0 saturated carbocycles. The second-order valence-corrected chi connectivity index (χ2v) is 4.63. The van der Waals surface area contributed by atoms with Crippen LogP contribution in [0.3, 0.4) is 0 Å². The van der Waals surface area contributed by atoms with Crippen molar-refractivity contribution in [3.63, 3.8) is 0 Å². The molecule has 0 aromatic heterocycles. The van der Waals surface area contributed by atoms with Gasteiger partial charge in [0.1, 0.15) is 24.2 Å². The lowest BCUT2D eigenvalue weighted by atomic mass is 10.2. The third-order valence-electron chi connectivity index (χ3n) is 2.81. The maximum atomic E-state index is 5.72. The highest BCUT2D eigenvalue weighted by atomic mass is 16.5. The number of hydrogen-bond donors (Lipinski definition) is 0. The van der Waals surface area contributed by atoms with E-state index < -0.39 is 0 Å². The Hall–Kier alpha value is -2.00. The van der Waals surface area contributed by atoms with Gasteiger partial charge in [0.2, 0.25) is 0 Å². The molecular weight excluding hydrogens is 252 g/mol. The Bertz CT molecular complexity index is 493. The summed E-state index contributed by atoms with van der Waals surface area (Å²) in [5, 5.41) is 0. The van der Waals surface area contributed by atoms with Crippen LogP contribution in [0.15, 0.2) is 54.6 Å². The van der Waals surface area contributed by atoms with Crippen LogP contribution in [-0.4, -0.2) is 19.8 Å². The first kappa shape index (κ1) is 14.4. The third-order valence-corrected chi connectivity index (χ3v) is 2.81. The van der Waals surface area contributed by atoms with E-state index in [4.69, 9.17) is 14.2 Å². The number of methoxy groups -OCH3 is 1. The topological polar surface area (TPSA) is 27.7 Å². The van der Waals surface area contributed by atoms with E-state index in [1.807, 2.05) is 61.5 Å². The fraction of sp³-hybridized carbons (Fsp3) is 0.294. The van der Waals surface area contributed by atoms with Crippen LogP contribution in [0.25, 0.3) is 0 Å². The van der Waals surface area contributed by atoms with Crippen molar-refractivity contribution in [2.75, 3.05) is 13.7 Å². The van der Waals surface area contributed by atoms with Gasteiger partial charge in [0.25, 0.3) is 0 Å². The molecule has 1 atom stereocenters. The molecule has 0 aliphatic carbocycles. The van der Waals surface area contributed by atoms with Gasteiger partial charge in [-0.25, -0.2) is 0 Å². The summed E-state index contributed by atoms with van der Waals surface area (Å²) in [6.07, 6.45) is 0.0380. The summed E-state index contributed by atoms with van der Waals surface area (Å²) < 4.78 is 16.4. The smallest absolute Gasteiger partial charge is 0.120 e. The molecule has 0 aliphatic rings. The Morgan fingerprint density at radius 2 is 1.55 bits per heavy atom. The molecule has 0 aliphatic heterocycles. The lowest BCUT2D eigenvalue weighted by Gasteiger charge is -2.14. The van der Waals surface area contributed by atoms with Crippen molar-refractivity contribution >= 4 is 0 Å². The third kappa shape index (κ3) is 4.59. The Labute approximate surface area is 120 Å². The molecule has 0 saturated heterocycles. The summed E-state index contributed by atoms with van der Waals surface area (Å²) in [4.78, 5) is 0. The zero-order chi connectivity index (χ0) is 14.2. The van der Waals surface area contributed by atoms with Crippen molar-refractivity contribution in [3.05, 3.63) is 60.2 Å². The summed E-state index contributed by atoms with van der Waals surface area (Å²) in [6.45, 7) is 3.12. The SMILES string of the molecule is COC[C@@H](C)Oc1ccc(OCc2ccccc2)cc1. The first-order valence-electron chi connectivity index (χ1n) is 6.70. The van der Waals surface area contributed by atoms with Crippen LogP contribution >= 0.6 is 0 Å². The molecule has 0 heterocycles. The molecule has 20 heavy (non-hydrogen) atoms. The van der Waals surface area contributed by atoms with Crippen molar-refractivity contribution in [3.8, 4) is 11.5 Å². The van der Waals surface area contributed by atoms with E-state index in [1.54, 1.807) is 7.11 Å². The number of ether oxygens (including phenoxy) is 3. The van der Waals surface area contributed by atoms with Gasteiger partial charge in [0.15, 0.2) is 0 Å². The average molecular weight is 272 g/mol. The Morgan fingerprint density at radius 1 is 0.900 bits per heavy atom. The minimum atomic E-state index is 0.0380. The lowest BCUT2D eigenvalue weighted by Crippen LogP contribution is -2.17. The van der Waals surface area contributed by atoms with Crippen LogP contribution in [0.1, 0.15) is 12.5 Å². The second-order valence-electron chi connectivity index (χ2n) is 4.63. The summed E-state index contributed by atoms with van der Waals surface area (Å²) in [6, 6.07) is 17.7. The first-order valence-corrected chi connectivity index (χ1v) is 6.70. The summed E-state index contributed by atoms with van der Waals surface area (Å²) in [7, 11) is 1.67. The van der Waals surface area contributed by atoms with Crippen molar-refractivity contribution in [1.29, 1.82) is 0 Å². The van der Waals surface area contributed by atoms with Gasteiger partial charge in [0, 0.05) is 7.11 Å². The molecule has 0 bridgehead atoms. The van der Waals surface area contributed by atoms with Gasteiger partial charge in [-0.05, 0) is 36.8 Å². The molecule has 2 rings (SSSR count). The molecular formula is C17H20O3. The van der Waals surface area contributed by atoms with E-state index in [1.165, 1.54) is 0 Å². The predicted molar refractivity (Wildman–Crippen MR) is 79.2 cm³/mol. The molecule has 0 unspecified atom stereocenters. The minimum Gasteiger partial charge on any atom is -0.489 e. The highest BCUT2D eigenvalue weighted by Gasteiger charge is 2.03. The molecule has 0 spiro atoms. The molecule has 2 aromatic carbocycles. The van der Waals surface area contributed by atoms with Gasteiger partial charge in [-0.2, -0.15) is 0 Å². The normalized spacial score (nSPS) is 11.9. The van der Waals surface area contributed by atoms with Crippen LogP contribution in [-0.2, 0) is 11.3 Å². The Morgan fingerprint density at radius 3 is 2.20 bits per heavy atom. The van der Waals surface area contributed by atoms with Crippen LogP contribution in [0.2, 0.25) is 0 Å². The largest absolute Gasteiger partial charge is 0.489 e. The molecule has 0 radical (unpaired) electrons. The van der Waals surface area contributed by atoms with Gasteiger partial charge in [-0.3, -0.25) is 0 Å². The van der Waals surface area contributed by atoms with Crippen molar-refractivity contribution in [1.82, 2.24) is 0 Å². The van der Waals surface area contributed by atoms with Gasteiger partial charge in [-0.15, -0.1) is 0 Å². The molecule has 0 amide bonds. The second kappa shape index (κ2) is 7.56. The van der Waals surface area contributed by atoms with Crippen molar-refractivity contribution in [2.45, 2.75) is 19.6 Å². The highest BCUT2D eigenvalue weighted by molar-refractivity contribution is 5.31. The highest BCUT2D eigenvalue weighted by Crippen LogP contribution is 2.19.